The van der Waals surface area contributed by atoms with Crippen LogP contribution in [0.4, 0.5) is 0 Å². The summed E-state index contributed by atoms with van der Waals surface area (Å²) in [5, 5.41) is 11.6. The largest absolute Gasteiger partial charge is 0.480 e. The number of aryl methyl sites for hydroxylation is 1. The Kier molecular flexibility index (Phi) is 8.47. The third kappa shape index (κ3) is 6.90. The van der Waals surface area contributed by atoms with Gasteiger partial charge in [0.15, 0.2) is 0 Å². The molecule has 1 rings (SSSR count). The van der Waals surface area contributed by atoms with Gasteiger partial charge in [-0.3, -0.25) is 9.59 Å². The van der Waals surface area contributed by atoms with E-state index in [9.17, 15) is 14.4 Å². The lowest BCUT2D eigenvalue weighted by Gasteiger charge is -2.14. The summed E-state index contributed by atoms with van der Waals surface area (Å²) in [6.07, 6.45) is 3.89. The van der Waals surface area contributed by atoms with Crippen molar-refractivity contribution in [2.75, 3.05) is 12.0 Å². The topological polar surface area (TPSA) is 88.4 Å². The van der Waals surface area contributed by atoms with Gasteiger partial charge >= 0.3 is 5.97 Å². The molecule has 1 aromatic heterocycles. The van der Waals surface area contributed by atoms with Gasteiger partial charge in [0.2, 0.25) is 5.91 Å². The number of nitrogens with zero attached hydrogens (tertiary/aromatic N) is 1. The molecule has 1 heterocycles. The van der Waals surface area contributed by atoms with Crippen molar-refractivity contribution in [3.05, 3.63) is 34.2 Å². The summed E-state index contributed by atoms with van der Waals surface area (Å²) in [4.78, 5) is 34.6. The van der Waals surface area contributed by atoms with Crippen LogP contribution in [-0.4, -0.2) is 39.6 Å². The number of carbonyl (C=O) groups is 2. The lowest BCUT2D eigenvalue weighted by atomic mass is 10.2. The van der Waals surface area contributed by atoms with Crippen LogP contribution in [0.1, 0.15) is 31.4 Å². The van der Waals surface area contributed by atoms with Crippen LogP contribution >= 0.6 is 11.8 Å². The molecule has 6 nitrogen and oxygen atoms in total. The van der Waals surface area contributed by atoms with Crippen LogP contribution in [0.3, 0.4) is 0 Å². The highest BCUT2D eigenvalue weighted by Crippen LogP contribution is 2.04. The molecule has 2 N–H and O–H groups in total. The maximum atomic E-state index is 11.8. The van der Waals surface area contributed by atoms with Crippen LogP contribution < -0.4 is 10.9 Å². The zero-order valence-corrected chi connectivity index (χ0v) is 14.4. The van der Waals surface area contributed by atoms with Crippen molar-refractivity contribution in [3.8, 4) is 0 Å². The summed E-state index contributed by atoms with van der Waals surface area (Å²) in [5.41, 5.74) is 0.849. The van der Waals surface area contributed by atoms with E-state index in [1.54, 1.807) is 22.4 Å². The van der Waals surface area contributed by atoms with Crippen molar-refractivity contribution in [3.63, 3.8) is 0 Å². The van der Waals surface area contributed by atoms with Crippen molar-refractivity contribution in [2.45, 2.75) is 45.2 Å². The Labute approximate surface area is 140 Å². The fraction of sp³-hybridized carbons (Fsp3) is 0.562. The third-order valence-electron chi connectivity index (χ3n) is 3.55. The van der Waals surface area contributed by atoms with Crippen molar-refractivity contribution >= 4 is 23.6 Å². The number of carboxylic acid groups (broad SMARTS) is 1. The number of nitrogens with one attached hydrogen (secondary N) is 1. The molecule has 1 amide bonds. The molecule has 0 aliphatic rings. The van der Waals surface area contributed by atoms with E-state index in [1.165, 1.54) is 6.07 Å². The molecule has 1 atom stereocenters. The Hall–Kier alpha value is -1.76. The van der Waals surface area contributed by atoms with Gasteiger partial charge in [-0.25, -0.2) is 4.79 Å². The minimum absolute atomic E-state index is 0.0440. The molecule has 0 aliphatic carbocycles. The minimum atomic E-state index is -1.00. The second-order valence-corrected chi connectivity index (χ2v) is 6.34. The maximum Gasteiger partial charge on any atom is 0.326 e. The predicted octanol–water partition coefficient (Wildman–Crippen LogP) is 1.65. The summed E-state index contributed by atoms with van der Waals surface area (Å²) < 4.78 is 1.68. The summed E-state index contributed by atoms with van der Waals surface area (Å²) in [6, 6.07) is 4.29. The maximum absolute atomic E-state index is 11.8. The van der Waals surface area contributed by atoms with E-state index in [2.05, 4.69) is 5.32 Å². The van der Waals surface area contributed by atoms with E-state index in [4.69, 9.17) is 5.11 Å². The Balaban J connectivity index is 2.36. The van der Waals surface area contributed by atoms with Crippen LogP contribution in [0.15, 0.2) is 23.0 Å². The number of aromatic nitrogens is 1. The quantitative estimate of drug-likeness (QED) is 0.632. The number of rotatable bonds is 10. The molecular weight excluding hydrogens is 316 g/mol. The van der Waals surface area contributed by atoms with E-state index in [1.807, 2.05) is 19.2 Å². The van der Waals surface area contributed by atoms with Crippen LogP contribution in [0.25, 0.3) is 0 Å². The zero-order chi connectivity index (χ0) is 17.2. The van der Waals surface area contributed by atoms with Crippen LogP contribution in [0.2, 0.25) is 0 Å². The first-order valence-electron chi connectivity index (χ1n) is 7.63. The van der Waals surface area contributed by atoms with E-state index in [0.717, 1.165) is 5.69 Å². The molecule has 0 bridgehead atoms. The van der Waals surface area contributed by atoms with Crippen molar-refractivity contribution in [2.24, 2.45) is 0 Å². The predicted molar refractivity (Wildman–Crippen MR) is 91.9 cm³/mol. The fourth-order valence-corrected chi connectivity index (χ4v) is 2.70. The SMILES string of the molecule is CSCCC(NC(=O)CCCCn1c(C)cccc1=O)C(=O)O. The third-order valence-corrected chi connectivity index (χ3v) is 4.19. The highest BCUT2D eigenvalue weighted by atomic mass is 32.2. The van der Waals surface area contributed by atoms with Gasteiger partial charge in [0.1, 0.15) is 6.04 Å². The molecule has 0 radical (unpaired) electrons. The van der Waals surface area contributed by atoms with E-state index >= 15 is 0 Å². The molecule has 0 saturated carbocycles. The van der Waals surface area contributed by atoms with Gasteiger partial charge in [-0.05, 0) is 44.3 Å². The molecule has 1 unspecified atom stereocenters. The smallest absolute Gasteiger partial charge is 0.326 e. The number of pyridine rings is 1. The van der Waals surface area contributed by atoms with Crippen molar-refractivity contribution in [1.29, 1.82) is 0 Å². The number of thioether (sulfide) groups is 1. The summed E-state index contributed by atoms with van der Waals surface area (Å²) in [7, 11) is 0. The molecule has 1 aromatic rings. The summed E-state index contributed by atoms with van der Waals surface area (Å²) >= 11 is 1.55. The number of carboxylic acids is 1. The van der Waals surface area contributed by atoms with E-state index in [-0.39, 0.29) is 17.9 Å². The number of unbranched alkanes of at least 4 members (excludes halogenated alkanes) is 1. The highest BCUT2D eigenvalue weighted by Gasteiger charge is 2.18. The first-order chi connectivity index (χ1) is 11.0. The van der Waals surface area contributed by atoms with Gasteiger partial charge in [0.25, 0.3) is 5.56 Å². The first kappa shape index (κ1) is 19.3. The summed E-state index contributed by atoms with van der Waals surface area (Å²) in [6.45, 7) is 2.44. The van der Waals surface area contributed by atoms with E-state index in [0.29, 0.717) is 31.6 Å². The first-order valence-corrected chi connectivity index (χ1v) is 9.02. The van der Waals surface area contributed by atoms with Gasteiger partial charge in [-0.1, -0.05) is 6.07 Å². The monoisotopic (exact) mass is 340 g/mol. The second-order valence-electron chi connectivity index (χ2n) is 5.35. The molecule has 0 spiro atoms. The molecule has 0 aromatic carbocycles. The van der Waals surface area contributed by atoms with Gasteiger partial charge in [0, 0.05) is 24.7 Å². The lowest BCUT2D eigenvalue weighted by Crippen LogP contribution is -2.41. The van der Waals surface area contributed by atoms with Gasteiger partial charge in [-0.15, -0.1) is 0 Å². The lowest BCUT2D eigenvalue weighted by molar-refractivity contribution is -0.141. The second kappa shape index (κ2) is 10.1. The average Bonchev–Trinajstić information content (AvgIpc) is 2.50. The Morgan fingerprint density at radius 3 is 2.70 bits per heavy atom. The number of carbonyl (C=O) groups excluding carboxylic acids is 1. The average molecular weight is 340 g/mol. The minimum Gasteiger partial charge on any atom is -0.480 e. The molecule has 0 fully saturated rings. The Morgan fingerprint density at radius 2 is 2.09 bits per heavy atom. The van der Waals surface area contributed by atoms with Crippen molar-refractivity contribution in [1.82, 2.24) is 9.88 Å². The van der Waals surface area contributed by atoms with Crippen LogP contribution in [0, 0.1) is 6.92 Å². The summed E-state index contributed by atoms with van der Waals surface area (Å²) in [5.74, 6) is -0.567. The normalized spacial score (nSPS) is 11.9. The zero-order valence-electron chi connectivity index (χ0n) is 13.6. The molecule has 23 heavy (non-hydrogen) atoms. The van der Waals surface area contributed by atoms with Crippen LogP contribution in [0.5, 0.6) is 0 Å². The van der Waals surface area contributed by atoms with Gasteiger partial charge in [0.05, 0.1) is 0 Å². The molecule has 128 valence electrons. The fourth-order valence-electron chi connectivity index (χ4n) is 2.23. The Bertz CT molecular complexity index is 586. The number of aliphatic carboxylic acids is 1. The van der Waals surface area contributed by atoms with Crippen LogP contribution in [-0.2, 0) is 16.1 Å². The highest BCUT2D eigenvalue weighted by molar-refractivity contribution is 7.98. The molecular formula is C16H24N2O4S. The van der Waals surface area contributed by atoms with Crippen molar-refractivity contribution < 1.29 is 14.7 Å². The molecule has 0 saturated heterocycles. The number of hydrogen-bond acceptors (Lipinski definition) is 4. The van der Waals surface area contributed by atoms with Gasteiger partial charge in [-0.2, -0.15) is 11.8 Å². The van der Waals surface area contributed by atoms with E-state index < -0.39 is 12.0 Å². The number of amides is 1. The molecule has 7 heteroatoms. The Morgan fingerprint density at radius 1 is 1.35 bits per heavy atom. The number of hydrogen-bond donors (Lipinski definition) is 2. The standard InChI is InChI=1S/C16H24N2O4S/c1-12-6-5-8-15(20)18(12)10-4-3-7-14(19)17-13(16(21)22)9-11-23-2/h5-6,8,13H,3-4,7,9-11H2,1-2H3,(H,17,19)(H,21,22). The van der Waals surface area contributed by atoms with Gasteiger partial charge < -0.3 is 15.0 Å². The molecule has 0 aliphatic heterocycles.